The Morgan fingerprint density at radius 2 is 1.09 bits per heavy atom. The van der Waals surface area contributed by atoms with Gasteiger partial charge in [-0.25, -0.2) is 0 Å². The zero-order valence-electron chi connectivity index (χ0n) is 28.6. The van der Waals surface area contributed by atoms with Crippen LogP contribution in [0.4, 0.5) is 11.4 Å². The van der Waals surface area contributed by atoms with E-state index < -0.39 is 17.5 Å². The molecule has 4 aromatic rings. The second-order valence-electron chi connectivity index (χ2n) is 12.5. The quantitative estimate of drug-likeness (QED) is 0.132. The van der Waals surface area contributed by atoms with Crippen LogP contribution in [0.3, 0.4) is 0 Å². The molecule has 1 aromatic heterocycles. The molecule has 1 heterocycles. The molecule has 4 rings (SSSR count). The van der Waals surface area contributed by atoms with E-state index in [-0.39, 0.29) is 46.3 Å². The maximum atomic E-state index is 11.1. The fraction of sp³-hybridized carbons (Fsp3) is 0.368. The number of phenolic OH excluding ortho intramolecular Hbond substituents is 1. The number of aromatic carboxylic acids is 1. The maximum Gasteiger partial charge on any atom is 1.00 e. The van der Waals surface area contributed by atoms with E-state index in [1.165, 1.54) is 39.7 Å². The summed E-state index contributed by atoms with van der Waals surface area (Å²) in [7, 11) is 0. The van der Waals surface area contributed by atoms with Crippen molar-refractivity contribution in [3.05, 3.63) is 111 Å². The number of rotatable bonds is 9. The van der Waals surface area contributed by atoms with E-state index >= 15 is 0 Å². The molecule has 0 saturated heterocycles. The number of carboxylic acids is 1. The average molecular weight is 670 g/mol. The number of hydrogen-bond acceptors (Lipinski definition) is 7. The van der Waals surface area contributed by atoms with Gasteiger partial charge in [0.25, 0.3) is 0 Å². The second kappa shape index (κ2) is 16.5. The summed E-state index contributed by atoms with van der Waals surface area (Å²) in [5.74, 6) is -2.52. The number of anilines is 2. The van der Waals surface area contributed by atoms with Crippen LogP contribution in [0.5, 0.6) is 11.5 Å². The van der Waals surface area contributed by atoms with Crippen molar-refractivity contribution in [2.75, 3.05) is 10.6 Å². The number of carbonyl (C=O) groups excluding carboxylic acids is 1. The van der Waals surface area contributed by atoms with E-state index in [0.717, 1.165) is 17.0 Å². The Morgan fingerprint density at radius 3 is 1.43 bits per heavy atom. The predicted molar refractivity (Wildman–Crippen MR) is 182 cm³/mol. The number of aryl methyl sites for hydroxylation is 4. The maximum absolute atomic E-state index is 11.1. The number of aromatic nitrogens is 1. The standard InChI is InChI=1S/C25H31N3.C13H18O4.Co/c1-16-10-7-11-17(2)24(16)26-20(5)22-14-9-15-23(28-22)21(6)27-25-18(3)12-8-13-19(25)4;1-6(2)8-5-9(14)12(15)11(13(16)17)10(8)7(3)4;/h7-15,20-21,26-27H,1-6H3;5-7,14-15H,1-4H3,(H,16,17);/q;;+1/p-1. The molecule has 0 radical (unpaired) electrons. The molecular weight excluding hydrogens is 621 g/mol. The number of para-hydroxylation sites is 2. The number of hydrogen-bond donors (Lipinski definition) is 4. The molecule has 0 aliphatic heterocycles. The Bertz CT molecular complexity index is 1540. The van der Waals surface area contributed by atoms with Gasteiger partial charge in [-0.3, -0.25) is 4.98 Å². The molecule has 0 aliphatic rings. The first-order valence-electron chi connectivity index (χ1n) is 15.6. The molecule has 0 fully saturated rings. The summed E-state index contributed by atoms with van der Waals surface area (Å²) in [6.07, 6.45) is 0. The molecule has 7 nitrogen and oxygen atoms in total. The van der Waals surface area contributed by atoms with E-state index in [4.69, 9.17) is 4.98 Å². The molecule has 0 spiro atoms. The van der Waals surface area contributed by atoms with Crippen LogP contribution in [0.25, 0.3) is 0 Å². The summed E-state index contributed by atoms with van der Waals surface area (Å²) >= 11 is 0. The number of nitrogens with zero attached hydrogens (tertiary/aromatic N) is 1. The molecule has 0 bridgehead atoms. The topological polar surface area (TPSA) is 118 Å². The summed E-state index contributed by atoms with van der Waals surface area (Å²) < 4.78 is 0. The SMILES string of the molecule is CC(C)c1cc(O)c(O)c(C(=O)[O-])c1C(C)C.Cc1cccc(C)c1NC(C)c1cccc(C(C)Nc2c(C)cccc2C)n1.[Co+]. The molecule has 0 saturated carbocycles. The number of phenols is 2. The summed E-state index contributed by atoms with van der Waals surface area (Å²) in [5, 5.41) is 37.6. The van der Waals surface area contributed by atoms with Crippen molar-refractivity contribution in [1.82, 2.24) is 4.98 Å². The second-order valence-corrected chi connectivity index (χ2v) is 12.5. The third-order valence-electron chi connectivity index (χ3n) is 8.12. The Kier molecular flexibility index (Phi) is 13.7. The summed E-state index contributed by atoms with van der Waals surface area (Å²) in [6.45, 7) is 20.4. The minimum atomic E-state index is -1.47. The number of nitrogens with one attached hydrogen (secondary N) is 2. The zero-order chi connectivity index (χ0) is 33.6. The van der Waals surface area contributed by atoms with Crippen molar-refractivity contribution in [2.45, 2.75) is 93.2 Å². The number of aromatic hydroxyl groups is 2. The van der Waals surface area contributed by atoms with Crippen molar-refractivity contribution in [3.8, 4) is 11.5 Å². The van der Waals surface area contributed by atoms with Gasteiger partial charge >= 0.3 is 16.8 Å². The Hall–Kier alpha value is -4.01. The average Bonchev–Trinajstić information content (AvgIpc) is 2.97. The normalized spacial score (nSPS) is 12.1. The predicted octanol–water partition coefficient (Wildman–Crippen LogP) is 8.37. The van der Waals surface area contributed by atoms with Crippen molar-refractivity contribution < 1.29 is 36.9 Å². The Morgan fingerprint density at radius 1 is 0.696 bits per heavy atom. The third kappa shape index (κ3) is 9.04. The minimum Gasteiger partial charge on any atom is -0.545 e. The largest absolute Gasteiger partial charge is 1.00 e. The molecule has 46 heavy (non-hydrogen) atoms. The molecule has 8 heteroatoms. The molecule has 248 valence electrons. The van der Waals surface area contributed by atoms with Crippen molar-refractivity contribution in [3.63, 3.8) is 0 Å². The van der Waals surface area contributed by atoms with Gasteiger partial charge in [-0.1, -0.05) is 70.2 Å². The van der Waals surface area contributed by atoms with Crippen LogP contribution >= 0.6 is 0 Å². The van der Waals surface area contributed by atoms with Gasteiger partial charge in [-0.15, -0.1) is 0 Å². The van der Waals surface area contributed by atoms with Crippen LogP contribution in [0.15, 0.2) is 60.7 Å². The van der Waals surface area contributed by atoms with Crippen LogP contribution in [0.1, 0.15) is 121 Å². The van der Waals surface area contributed by atoms with Gasteiger partial charge in [0.05, 0.1) is 29.4 Å². The Labute approximate surface area is 284 Å². The molecule has 3 aromatic carbocycles. The monoisotopic (exact) mass is 669 g/mol. The van der Waals surface area contributed by atoms with Gasteiger partial charge in [0.1, 0.15) is 0 Å². The first-order chi connectivity index (χ1) is 21.1. The van der Waals surface area contributed by atoms with E-state index in [1.54, 1.807) is 0 Å². The minimum absolute atomic E-state index is 0. The fourth-order valence-electron chi connectivity index (χ4n) is 5.62. The van der Waals surface area contributed by atoms with Gasteiger partial charge in [-0.05, 0) is 105 Å². The van der Waals surface area contributed by atoms with Crippen LogP contribution in [0.2, 0.25) is 0 Å². The first kappa shape index (κ1) is 38.2. The summed E-state index contributed by atoms with van der Waals surface area (Å²) in [4.78, 5) is 16.1. The first-order valence-corrected chi connectivity index (χ1v) is 15.6. The number of pyridine rings is 1. The summed E-state index contributed by atoms with van der Waals surface area (Å²) in [6, 6.07) is 20.7. The molecule has 0 aliphatic carbocycles. The third-order valence-corrected chi connectivity index (χ3v) is 8.12. The number of carboxylic acid groups (broad SMARTS) is 1. The van der Waals surface area contributed by atoms with Gasteiger partial charge in [0.2, 0.25) is 0 Å². The number of benzene rings is 3. The van der Waals surface area contributed by atoms with E-state index in [1.807, 2.05) is 27.7 Å². The van der Waals surface area contributed by atoms with Crippen molar-refractivity contribution in [1.29, 1.82) is 0 Å². The van der Waals surface area contributed by atoms with Crippen molar-refractivity contribution in [2.24, 2.45) is 0 Å². The van der Waals surface area contributed by atoms with Gasteiger partial charge < -0.3 is 30.7 Å². The Balaban J connectivity index is 0.000000353. The molecule has 2 unspecified atom stereocenters. The van der Waals surface area contributed by atoms with Crippen molar-refractivity contribution >= 4 is 17.3 Å². The fourth-order valence-corrected chi connectivity index (χ4v) is 5.62. The van der Waals surface area contributed by atoms with Crippen LogP contribution < -0.4 is 15.7 Å². The van der Waals surface area contributed by atoms with Crippen LogP contribution in [-0.2, 0) is 16.8 Å². The summed E-state index contributed by atoms with van der Waals surface area (Å²) in [5.41, 5.74) is 10.5. The van der Waals surface area contributed by atoms with E-state index in [0.29, 0.717) is 5.56 Å². The molecule has 0 amide bonds. The number of carbonyl (C=O) groups is 1. The van der Waals surface area contributed by atoms with E-state index in [2.05, 4.69) is 107 Å². The van der Waals surface area contributed by atoms with Gasteiger partial charge in [0.15, 0.2) is 11.5 Å². The van der Waals surface area contributed by atoms with Gasteiger partial charge in [0, 0.05) is 16.9 Å². The molecule has 4 N–H and O–H groups in total. The molecular formula is C38H48CoN3O4. The molecule has 2 atom stereocenters. The smallest absolute Gasteiger partial charge is 0.545 e. The van der Waals surface area contributed by atoms with E-state index in [9.17, 15) is 20.1 Å². The van der Waals surface area contributed by atoms with Crippen LogP contribution in [0, 0.1) is 27.7 Å². The van der Waals surface area contributed by atoms with Gasteiger partial charge in [-0.2, -0.15) is 0 Å². The van der Waals surface area contributed by atoms with Crippen LogP contribution in [-0.4, -0.2) is 21.2 Å². The zero-order valence-corrected chi connectivity index (χ0v) is 29.6.